The Labute approximate surface area is 363 Å². The Morgan fingerprint density at radius 2 is 0.967 bits per heavy atom. The van der Waals surface area contributed by atoms with Crippen molar-refractivity contribution in [3.05, 3.63) is 72.9 Å². The van der Waals surface area contributed by atoms with E-state index in [1.807, 2.05) is 12.2 Å². The lowest BCUT2D eigenvalue weighted by molar-refractivity contribution is -0.161. The molecule has 0 heterocycles. The molecule has 0 amide bonds. The smallest absolute Gasteiger partial charge is 0.472 e. The van der Waals surface area contributed by atoms with E-state index < -0.39 is 51.1 Å². The third kappa shape index (κ3) is 41.6. The molecular formula is C48H82NO10P. The number of phosphoric acid groups is 1. The fraction of sp³-hybridized carbons (Fsp3) is 0.688. The quantitative estimate of drug-likeness (QED) is 0.0231. The van der Waals surface area contributed by atoms with Crippen LogP contribution in [0.2, 0.25) is 0 Å². The number of allylic oxidation sites excluding steroid dienone is 12. The summed E-state index contributed by atoms with van der Waals surface area (Å²) in [7, 11) is -4.73. The molecule has 60 heavy (non-hydrogen) atoms. The SMILES string of the molecule is CC/C=C/C/C=C/C/C=C/C/C=C/CCCCCCCCCCCCC(=O)OCC(COP(=O)(O)OC[C@H](N)C(=O)O)OC(=O)CC/C=C/C/C=C/CCCCCCCC. The number of phosphoric ester groups is 1. The van der Waals surface area contributed by atoms with Gasteiger partial charge in [-0.2, -0.15) is 0 Å². The number of ether oxygens (including phenoxy) is 2. The molecule has 344 valence electrons. The third-order valence-electron chi connectivity index (χ3n) is 9.45. The lowest BCUT2D eigenvalue weighted by Gasteiger charge is -2.20. The Morgan fingerprint density at radius 1 is 0.533 bits per heavy atom. The van der Waals surface area contributed by atoms with Crippen molar-refractivity contribution in [3.63, 3.8) is 0 Å². The molecule has 12 heteroatoms. The van der Waals surface area contributed by atoms with Crippen molar-refractivity contribution in [2.24, 2.45) is 5.73 Å². The van der Waals surface area contributed by atoms with Crippen LogP contribution in [-0.2, 0) is 37.5 Å². The van der Waals surface area contributed by atoms with Crippen LogP contribution in [0.1, 0.15) is 181 Å². The normalized spacial score (nSPS) is 14.3. The second-order valence-electron chi connectivity index (χ2n) is 15.1. The Morgan fingerprint density at radius 3 is 1.47 bits per heavy atom. The van der Waals surface area contributed by atoms with E-state index in [9.17, 15) is 23.8 Å². The van der Waals surface area contributed by atoms with Crippen LogP contribution in [0.5, 0.6) is 0 Å². The molecule has 0 aliphatic rings. The van der Waals surface area contributed by atoms with E-state index in [4.69, 9.17) is 24.8 Å². The number of carbonyl (C=O) groups excluding carboxylic acids is 2. The molecule has 0 aromatic rings. The van der Waals surface area contributed by atoms with Gasteiger partial charge in [-0.25, -0.2) is 4.57 Å². The Balaban J connectivity index is 4.32. The summed E-state index contributed by atoms with van der Waals surface area (Å²) in [6, 6.07) is -1.53. The van der Waals surface area contributed by atoms with Crippen molar-refractivity contribution >= 4 is 25.7 Å². The largest absolute Gasteiger partial charge is 0.480 e. The second-order valence-corrected chi connectivity index (χ2v) is 16.6. The topological polar surface area (TPSA) is 172 Å². The van der Waals surface area contributed by atoms with E-state index in [2.05, 4.69) is 79.1 Å². The average molecular weight is 864 g/mol. The molecule has 0 rings (SSSR count). The van der Waals surface area contributed by atoms with Gasteiger partial charge in [-0.05, 0) is 70.6 Å². The predicted octanol–water partition coefficient (Wildman–Crippen LogP) is 12.5. The molecule has 0 aliphatic heterocycles. The summed E-state index contributed by atoms with van der Waals surface area (Å²) >= 11 is 0. The first kappa shape index (κ1) is 56.9. The summed E-state index contributed by atoms with van der Waals surface area (Å²) in [6.45, 7) is 2.61. The van der Waals surface area contributed by atoms with E-state index >= 15 is 0 Å². The molecule has 0 aromatic heterocycles. The minimum Gasteiger partial charge on any atom is -0.480 e. The lowest BCUT2D eigenvalue weighted by atomic mass is 10.1. The first-order chi connectivity index (χ1) is 29.1. The number of carboxylic acids is 1. The fourth-order valence-electron chi connectivity index (χ4n) is 5.87. The third-order valence-corrected chi connectivity index (χ3v) is 10.4. The number of rotatable bonds is 42. The van der Waals surface area contributed by atoms with Crippen LogP contribution in [0.25, 0.3) is 0 Å². The van der Waals surface area contributed by atoms with Crippen LogP contribution in [0, 0.1) is 0 Å². The van der Waals surface area contributed by atoms with E-state index in [-0.39, 0.29) is 19.4 Å². The van der Waals surface area contributed by atoms with Crippen molar-refractivity contribution in [1.82, 2.24) is 0 Å². The van der Waals surface area contributed by atoms with Crippen molar-refractivity contribution < 1.29 is 47.5 Å². The van der Waals surface area contributed by atoms with E-state index in [1.54, 1.807) is 0 Å². The number of hydrogen-bond acceptors (Lipinski definition) is 9. The zero-order valence-corrected chi connectivity index (χ0v) is 38.2. The molecule has 0 radical (unpaired) electrons. The second kappa shape index (κ2) is 42.6. The molecule has 0 aromatic carbocycles. The lowest BCUT2D eigenvalue weighted by Crippen LogP contribution is -2.34. The van der Waals surface area contributed by atoms with E-state index in [0.29, 0.717) is 12.8 Å². The molecule has 0 fully saturated rings. The maximum absolute atomic E-state index is 12.6. The van der Waals surface area contributed by atoms with Gasteiger partial charge in [0.1, 0.15) is 12.6 Å². The first-order valence-corrected chi connectivity index (χ1v) is 24.5. The summed E-state index contributed by atoms with van der Waals surface area (Å²) < 4.78 is 32.6. The predicted molar refractivity (Wildman–Crippen MR) is 244 cm³/mol. The van der Waals surface area contributed by atoms with Crippen LogP contribution < -0.4 is 5.73 Å². The molecular weight excluding hydrogens is 781 g/mol. The van der Waals surface area contributed by atoms with Gasteiger partial charge < -0.3 is 25.2 Å². The van der Waals surface area contributed by atoms with Crippen LogP contribution >= 0.6 is 7.82 Å². The molecule has 4 N–H and O–H groups in total. The highest BCUT2D eigenvalue weighted by atomic mass is 31.2. The van der Waals surface area contributed by atoms with Gasteiger partial charge in [0.25, 0.3) is 0 Å². The molecule has 0 bridgehead atoms. The van der Waals surface area contributed by atoms with Crippen molar-refractivity contribution in [3.8, 4) is 0 Å². The van der Waals surface area contributed by atoms with Crippen molar-refractivity contribution in [1.29, 1.82) is 0 Å². The van der Waals surface area contributed by atoms with Crippen LogP contribution in [-0.4, -0.2) is 59.9 Å². The van der Waals surface area contributed by atoms with Gasteiger partial charge in [0.2, 0.25) is 0 Å². The number of nitrogens with two attached hydrogens (primary N) is 1. The number of esters is 2. The molecule has 0 saturated carbocycles. The summed E-state index contributed by atoms with van der Waals surface area (Å²) in [5.41, 5.74) is 5.33. The summed E-state index contributed by atoms with van der Waals surface area (Å²) in [5.74, 6) is -2.47. The van der Waals surface area contributed by atoms with Gasteiger partial charge in [-0.15, -0.1) is 0 Å². The highest BCUT2D eigenvalue weighted by Gasteiger charge is 2.28. The Bertz CT molecular complexity index is 1290. The number of aliphatic carboxylic acids is 1. The molecule has 11 nitrogen and oxygen atoms in total. The number of carboxylic acid groups (broad SMARTS) is 1. The first-order valence-electron chi connectivity index (χ1n) is 23.0. The molecule has 0 spiro atoms. The number of hydrogen-bond donors (Lipinski definition) is 3. The summed E-state index contributed by atoms with van der Waals surface area (Å²) in [4.78, 5) is 45.9. The maximum Gasteiger partial charge on any atom is 0.472 e. The zero-order chi connectivity index (χ0) is 44.2. The molecule has 0 aliphatic carbocycles. The summed E-state index contributed by atoms with van der Waals surface area (Å²) in [5, 5.41) is 8.89. The highest BCUT2D eigenvalue weighted by Crippen LogP contribution is 2.43. The van der Waals surface area contributed by atoms with Crippen LogP contribution in [0.3, 0.4) is 0 Å². The maximum atomic E-state index is 12.6. The van der Waals surface area contributed by atoms with Gasteiger partial charge >= 0.3 is 25.7 Å². The summed E-state index contributed by atoms with van der Waals surface area (Å²) in [6.07, 6.45) is 51.3. The average Bonchev–Trinajstić information content (AvgIpc) is 3.22. The number of unbranched alkanes of at least 4 members (excludes halogenated alkanes) is 16. The molecule has 2 unspecified atom stereocenters. The Kier molecular flexibility index (Phi) is 40.4. The van der Waals surface area contributed by atoms with Crippen LogP contribution in [0.15, 0.2) is 72.9 Å². The molecule has 3 atom stereocenters. The van der Waals surface area contributed by atoms with Crippen LogP contribution in [0.4, 0.5) is 0 Å². The minimum atomic E-state index is -4.73. The van der Waals surface area contributed by atoms with Gasteiger partial charge in [0.05, 0.1) is 13.2 Å². The van der Waals surface area contributed by atoms with E-state index in [1.165, 1.54) is 77.0 Å². The highest BCUT2D eigenvalue weighted by molar-refractivity contribution is 7.47. The number of carbonyl (C=O) groups is 3. The fourth-order valence-corrected chi connectivity index (χ4v) is 6.65. The monoisotopic (exact) mass is 864 g/mol. The van der Waals surface area contributed by atoms with Crippen molar-refractivity contribution in [2.75, 3.05) is 19.8 Å². The van der Waals surface area contributed by atoms with Gasteiger partial charge in [-0.1, -0.05) is 170 Å². The van der Waals surface area contributed by atoms with E-state index in [0.717, 1.165) is 64.2 Å². The standard InChI is InChI=1S/C48H82NO10P/c1-3-5-7-9-11-13-15-17-18-19-20-21-22-23-24-25-26-28-29-31-33-35-37-39-46(50)56-41-44(42-57-60(54,55)58-43-45(49)48(52)53)59-47(51)40-38-36-34-32-30-27-16-14-12-10-8-6-4-2/h5,7,11,13,17-18,20-21,27,30,34,36,44-45H,3-4,6,8-10,12,14-16,19,22-26,28-29,31-33,35,37-43,49H2,1-2H3,(H,52,53)(H,54,55)/b7-5+,13-11+,18-17+,21-20+,30-27+,36-34+/t44?,45-/m0/s1. The van der Waals surface area contributed by atoms with Crippen molar-refractivity contribution in [2.45, 2.75) is 193 Å². The molecule has 0 saturated heterocycles. The zero-order valence-electron chi connectivity index (χ0n) is 37.3. The minimum absolute atomic E-state index is 0.0514. The Hall–Kier alpha value is -3.08. The van der Waals surface area contributed by atoms with Gasteiger partial charge in [0.15, 0.2) is 6.10 Å². The van der Waals surface area contributed by atoms with Gasteiger partial charge in [-0.3, -0.25) is 23.4 Å². The van der Waals surface area contributed by atoms with Gasteiger partial charge in [0, 0.05) is 12.8 Å².